The first-order chi connectivity index (χ1) is 8.11. The fourth-order valence-electron chi connectivity index (χ4n) is 1.42. The minimum absolute atomic E-state index is 0.0224. The van der Waals surface area contributed by atoms with E-state index in [0.717, 1.165) is 15.7 Å². The number of aromatic nitrogens is 3. The Labute approximate surface area is 107 Å². The highest BCUT2D eigenvalue weighted by Crippen LogP contribution is 2.24. The first-order valence-corrected chi connectivity index (χ1v) is 5.78. The van der Waals surface area contributed by atoms with Crippen molar-refractivity contribution >= 4 is 15.9 Å². The summed E-state index contributed by atoms with van der Waals surface area (Å²) in [5, 5.41) is 12.7. The lowest BCUT2D eigenvalue weighted by atomic mass is 10.1. The summed E-state index contributed by atoms with van der Waals surface area (Å²) in [6.45, 7) is 1.92. The minimum Gasteiger partial charge on any atom is -0.324 e. The maximum Gasteiger partial charge on any atom is 0.252 e. The van der Waals surface area contributed by atoms with E-state index in [4.69, 9.17) is 11.0 Å². The van der Waals surface area contributed by atoms with Gasteiger partial charge in [-0.15, -0.1) is 5.10 Å². The van der Waals surface area contributed by atoms with Crippen molar-refractivity contribution in [2.45, 2.75) is 13.0 Å². The lowest BCUT2D eigenvalue weighted by Gasteiger charge is -2.09. The number of nitrogens with zero attached hydrogens (tertiary/aromatic N) is 4. The number of hydrogen-bond acceptors (Lipinski definition) is 4. The Morgan fingerprint density at radius 1 is 1.53 bits per heavy atom. The molecule has 5 nitrogen and oxygen atoms in total. The van der Waals surface area contributed by atoms with E-state index in [0.29, 0.717) is 0 Å². The quantitative estimate of drug-likeness (QED) is 0.917. The van der Waals surface area contributed by atoms with Crippen LogP contribution in [0.4, 0.5) is 0 Å². The van der Waals surface area contributed by atoms with Gasteiger partial charge in [-0.3, -0.25) is 0 Å². The molecule has 0 saturated carbocycles. The van der Waals surface area contributed by atoms with Crippen LogP contribution in [0.25, 0.3) is 5.69 Å². The van der Waals surface area contributed by atoms with Gasteiger partial charge in [0.05, 0.1) is 5.69 Å². The van der Waals surface area contributed by atoms with Crippen molar-refractivity contribution in [1.82, 2.24) is 14.8 Å². The summed E-state index contributed by atoms with van der Waals surface area (Å²) < 4.78 is 2.41. The Hall–Kier alpha value is -1.71. The number of hydrogen-bond donors (Lipinski definition) is 1. The molecule has 0 amide bonds. The van der Waals surface area contributed by atoms with Crippen LogP contribution in [0.3, 0.4) is 0 Å². The van der Waals surface area contributed by atoms with Gasteiger partial charge in [0.1, 0.15) is 12.4 Å². The van der Waals surface area contributed by atoms with Crippen LogP contribution in [0.1, 0.15) is 24.4 Å². The van der Waals surface area contributed by atoms with Crippen LogP contribution in [-0.2, 0) is 0 Å². The van der Waals surface area contributed by atoms with Gasteiger partial charge in [0.2, 0.25) is 0 Å². The molecule has 6 heteroatoms. The Kier molecular flexibility index (Phi) is 3.22. The molecule has 0 radical (unpaired) electrons. The third-order valence-corrected chi connectivity index (χ3v) is 2.97. The molecule has 2 rings (SSSR count). The van der Waals surface area contributed by atoms with Gasteiger partial charge in [-0.1, -0.05) is 6.07 Å². The predicted octanol–water partition coefficient (Wildman–Crippen LogP) is 1.92. The number of benzene rings is 1. The van der Waals surface area contributed by atoms with Crippen LogP contribution >= 0.6 is 15.9 Å². The summed E-state index contributed by atoms with van der Waals surface area (Å²) in [5.74, 6) is 0.146. The van der Waals surface area contributed by atoms with Crippen LogP contribution in [0.15, 0.2) is 29.0 Å². The fourth-order valence-corrected chi connectivity index (χ4v) is 2.00. The van der Waals surface area contributed by atoms with Crippen LogP contribution in [0.5, 0.6) is 0 Å². The van der Waals surface area contributed by atoms with E-state index in [2.05, 4.69) is 26.0 Å². The molecule has 2 N–H and O–H groups in total. The number of nitriles is 1. The van der Waals surface area contributed by atoms with Gasteiger partial charge in [0.25, 0.3) is 5.82 Å². The zero-order chi connectivity index (χ0) is 12.4. The highest BCUT2D eigenvalue weighted by molar-refractivity contribution is 9.10. The normalized spacial score (nSPS) is 12.1. The number of halogens is 1. The molecule has 17 heavy (non-hydrogen) atoms. The molecule has 0 aliphatic heterocycles. The zero-order valence-electron chi connectivity index (χ0n) is 9.13. The van der Waals surface area contributed by atoms with E-state index in [9.17, 15) is 0 Å². The van der Waals surface area contributed by atoms with Gasteiger partial charge < -0.3 is 5.73 Å². The maximum absolute atomic E-state index is 8.67. The van der Waals surface area contributed by atoms with Crippen molar-refractivity contribution in [2.24, 2.45) is 5.73 Å². The SMILES string of the molecule is C[C@@H](N)c1ccc(-n2cnc(C#N)n2)c(Br)c1. The second-order valence-electron chi connectivity index (χ2n) is 3.62. The van der Waals surface area contributed by atoms with Crippen LogP contribution in [0, 0.1) is 11.3 Å². The van der Waals surface area contributed by atoms with E-state index >= 15 is 0 Å². The third kappa shape index (κ3) is 2.35. The van der Waals surface area contributed by atoms with Gasteiger partial charge in [0.15, 0.2) is 0 Å². The molecular weight excluding hydrogens is 282 g/mol. The first kappa shape index (κ1) is 11.8. The van der Waals surface area contributed by atoms with Crippen LogP contribution in [0.2, 0.25) is 0 Å². The summed E-state index contributed by atoms with van der Waals surface area (Å²) in [4.78, 5) is 3.85. The topological polar surface area (TPSA) is 80.5 Å². The summed E-state index contributed by atoms with van der Waals surface area (Å²) in [6, 6.07) is 7.62. The summed E-state index contributed by atoms with van der Waals surface area (Å²) in [7, 11) is 0. The van der Waals surface area contributed by atoms with E-state index in [1.165, 1.54) is 6.33 Å². The second kappa shape index (κ2) is 4.65. The molecule has 2 aromatic rings. The van der Waals surface area contributed by atoms with E-state index in [1.54, 1.807) is 4.68 Å². The zero-order valence-corrected chi connectivity index (χ0v) is 10.7. The Morgan fingerprint density at radius 3 is 2.82 bits per heavy atom. The number of nitrogens with two attached hydrogens (primary N) is 1. The largest absolute Gasteiger partial charge is 0.324 e. The van der Waals surface area contributed by atoms with E-state index in [-0.39, 0.29) is 11.9 Å². The van der Waals surface area contributed by atoms with Crippen molar-refractivity contribution in [3.05, 3.63) is 40.4 Å². The van der Waals surface area contributed by atoms with Gasteiger partial charge >= 0.3 is 0 Å². The third-order valence-electron chi connectivity index (χ3n) is 2.34. The molecule has 0 saturated heterocycles. The summed E-state index contributed by atoms with van der Waals surface area (Å²) in [5.41, 5.74) is 7.65. The lowest BCUT2D eigenvalue weighted by Crippen LogP contribution is -2.05. The van der Waals surface area contributed by atoms with Gasteiger partial charge in [0, 0.05) is 10.5 Å². The van der Waals surface area contributed by atoms with Crippen LogP contribution in [-0.4, -0.2) is 14.8 Å². The van der Waals surface area contributed by atoms with Crippen molar-refractivity contribution < 1.29 is 0 Å². The molecule has 1 aromatic heterocycles. The Morgan fingerprint density at radius 2 is 2.29 bits per heavy atom. The van der Waals surface area contributed by atoms with Crippen molar-refractivity contribution in [2.75, 3.05) is 0 Å². The Bertz CT molecular complexity index is 582. The molecule has 0 spiro atoms. The van der Waals surface area contributed by atoms with Crippen LogP contribution < -0.4 is 5.73 Å². The molecular formula is C11H10BrN5. The smallest absolute Gasteiger partial charge is 0.252 e. The first-order valence-electron chi connectivity index (χ1n) is 4.99. The van der Waals surface area contributed by atoms with E-state index in [1.807, 2.05) is 31.2 Å². The molecule has 0 bridgehead atoms. The second-order valence-corrected chi connectivity index (χ2v) is 4.48. The molecule has 1 heterocycles. The Balaban J connectivity index is 2.43. The lowest BCUT2D eigenvalue weighted by molar-refractivity contribution is 0.812. The van der Waals surface area contributed by atoms with Gasteiger partial charge in [-0.25, -0.2) is 9.67 Å². The predicted molar refractivity (Wildman–Crippen MR) is 66.4 cm³/mol. The molecule has 0 unspecified atom stereocenters. The average Bonchev–Trinajstić information content (AvgIpc) is 2.77. The standard InChI is InChI=1S/C11H10BrN5/c1-7(14)8-2-3-10(9(12)4-8)17-6-15-11(5-13)16-17/h2-4,6-7H,14H2,1H3/t7-/m1/s1. The van der Waals surface area contributed by atoms with Crippen molar-refractivity contribution in [1.29, 1.82) is 5.26 Å². The van der Waals surface area contributed by atoms with Gasteiger partial charge in [-0.05, 0) is 40.5 Å². The number of rotatable bonds is 2. The maximum atomic E-state index is 8.67. The molecule has 0 aliphatic carbocycles. The molecule has 86 valence electrons. The van der Waals surface area contributed by atoms with Crippen molar-refractivity contribution in [3.63, 3.8) is 0 Å². The molecule has 0 fully saturated rings. The minimum atomic E-state index is -0.0224. The highest BCUT2D eigenvalue weighted by atomic mass is 79.9. The summed E-state index contributed by atoms with van der Waals surface area (Å²) in [6.07, 6.45) is 1.50. The van der Waals surface area contributed by atoms with Crippen molar-refractivity contribution in [3.8, 4) is 11.8 Å². The molecule has 0 aliphatic rings. The van der Waals surface area contributed by atoms with Gasteiger partial charge in [-0.2, -0.15) is 5.26 Å². The molecule has 1 atom stereocenters. The van der Waals surface area contributed by atoms with E-state index < -0.39 is 0 Å². The monoisotopic (exact) mass is 291 g/mol. The average molecular weight is 292 g/mol. The fraction of sp³-hybridized carbons (Fsp3) is 0.182. The highest BCUT2D eigenvalue weighted by Gasteiger charge is 2.08. The summed E-state index contributed by atoms with van der Waals surface area (Å²) >= 11 is 3.46. The molecule has 1 aromatic carbocycles.